The smallest absolute Gasteiger partial charge is 0.255 e. The summed E-state index contributed by atoms with van der Waals surface area (Å²) in [6.07, 6.45) is -0.472. The zero-order chi connectivity index (χ0) is 11.7. The molecule has 1 amide bonds. The average molecular weight is 224 g/mol. The van der Waals surface area contributed by atoms with Crippen LogP contribution in [0.2, 0.25) is 0 Å². The molecule has 1 aromatic heterocycles. The van der Waals surface area contributed by atoms with Crippen molar-refractivity contribution in [2.45, 2.75) is 12.2 Å². The number of aliphatic hydroxyl groups is 2. The number of carbonyl (C=O) groups is 1. The summed E-state index contributed by atoms with van der Waals surface area (Å²) in [4.78, 5) is 26.4. The molecule has 1 saturated heterocycles. The minimum atomic E-state index is -0.897. The van der Waals surface area contributed by atoms with Gasteiger partial charge >= 0.3 is 0 Å². The molecule has 6 heteroatoms. The molecule has 1 aliphatic heterocycles. The maximum Gasteiger partial charge on any atom is 0.255 e. The molecule has 6 nitrogen and oxygen atoms in total. The number of nitrogens with one attached hydrogen (secondary N) is 1. The average Bonchev–Trinajstić information content (AvgIpc) is 2.59. The summed E-state index contributed by atoms with van der Waals surface area (Å²) >= 11 is 0. The van der Waals surface area contributed by atoms with Crippen LogP contribution in [0.1, 0.15) is 10.4 Å². The Labute approximate surface area is 91.1 Å². The molecule has 1 fully saturated rings. The zero-order valence-corrected chi connectivity index (χ0v) is 8.46. The van der Waals surface area contributed by atoms with Crippen LogP contribution >= 0.6 is 0 Å². The van der Waals surface area contributed by atoms with Crippen LogP contribution in [0, 0.1) is 0 Å². The third-order valence-corrected chi connectivity index (χ3v) is 2.58. The van der Waals surface area contributed by atoms with Crippen LogP contribution in [0.5, 0.6) is 0 Å². The van der Waals surface area contributed by atoms with Crippen LogP contribution in [-0.2, 0) is 0 Å². The van der Waals surface area contributed by atoms with Gasteiger partial charge in [0.25, 0.3) is 5.91 Å². The predicted octanol–water partition coefficient (Wildman–Crippen LogP) is -1.45. The van der Waals surface area contributed by atoms with Gasteiger partial charge in [0.15, 0.2) is 0 Å². The van der Waals surface area contributed by atoms with E-state index >= 15 is 0 Å². The van der Waals surface area contributed by atoms with E-state index in [1.54, 1.807) is 0 Å². The Balaban J connectivity index is 2.14. The standard InChI is InChI=1S/C10H12N2O4/c13-7-4-12(5-8(7)14)10(16)6-1-2-9(15)11-3-6/h1-3,7-8,13-14H,4-5H2,(H,11,15)/t7-,8+. The van der Waals surface area contributed by atoms with E-state index in [9.17, 15) is 19.8 Å². The van der Waals surface area contributed by atoms with E-state index < -0.39 is 12.2 Å². The lowest BCUT2D eigenvalue weighted by Crippen LogP contribution is -2.30. The molecule has 0 aliphatic carbocycles. The summed E-state index contributed by atoms with van der Waals surface area (Å²) in [5.41, 5.74) is 0.0546. The molecule has 0 bridgehead atoms. The van der Waals surface area contributed by atoms with Crippen molar-refractivity contribution in [3.63, 3.8) is 0 Å². The van der Waals surface area contributed by atoms with E-state index in [1.165, 1.54) is 23.2 Å². The molecule has 0 aromatic carbocycles. The first kappa shape index (κ1) is 10.8. The van der Waals surface area contributed by atoms with E-state index in [0.717, 1.165) is 0 Å². The summed E-state index contributed by atoms with van der Waals surface area (Å²) in [7, 11) is 0. The summed E-state index contributed by atoms with van der Waals surface area (Å²) in [6, 6.07) is 2.68. The molecular weight excluding hydrogens is 212 g/mol. The van der Waals surface area contributed by atoms with Crippen molar-refractivity contribution in [3.05, 3.63) is 34.2 Å². The van der Waals surface area contributed by atoms with Crippen LogP contribution in [0.25, 0.3) is 0 Å². The molecule has 0 saturated carbocycles. The lowest BCUT2D eigenvalue weighted by atomic mass is 10.2. The van der Waals surface area contributed by atoms with E-state index in [-0.39, 0.29) is 24.6 Å². The van der Waals surface area contributed by atoms with E-state index in [1.807, 2.05) is 0 Å². The highest BCUT2D eigenvalue weighted by atomic mass is 16.3. The third kappa shape index (κ3) is 1.98. The fourth-order valence-electron chi connectivity index (χ4n) is 1.66. The maximum absolute atomic E-state index is 11.8. The number of aliphatic hydroxyl groups excluding tert-OH is 2. The van der Waals surface area contributed by atoms with Crippen LogP contribution < -0.4 is 5.56 Å². The SMILES string of the molecule is O=C(c1ccc(=O)[nH]c1)N1C[C@@H](O)[C@@H](O)C1. The number of hydrogen-bond donors (Lipinski definition) is 3. The number of pyridine rings is 1. The predicted molar refractivity (Wildman–Crippen MR) is 55.0 cm³/mol. The molecule has 2 heterocycles. The number of carbonyl (C=O) groups excluding carboxylic acids is 1. The van der Waals surface area contributed by atoms with Gasteiger partial charge in [0.05, 0.1) is 17.8 Å². The highest BCUT2D eigenvalue weighted by molar-refractivity contribution is 5.94. The third-order valence-electron chi connectivity index (χ3n) is 2.58. The van der Waals surface area contributed by atoms with E-state index in [4.69, 9.17) is 0 Å². The lowest BCUT2D eigenvalue weighted by Gasteiger charge is -2.14. The fourth-order valence-corrected chi connectivity index (χ4v) is 1.66. The Morgan fingerprint density at radius 3 is 2.44 bits per heavy atom. The second-order valence-electron chi connectivity index (χ2n) is 3.79. The van der Waals surface area contributed by atoms with Crippen molar-refractivity contribution in [1.29, 1.82) is 0 Å². The van der Waals surface area contributed by atoms with Crippen LogP contribution in [0.15, 0.2) is 23.1 Å². The van der Waals surface area contributed by atoms with Crippen molar-refractivity contribution in [3.8, 4) is 0 Å². The number of amides is 1. The molecule has 1 aromatic rings. The Morgan fingerprint density at radius 1 is 1.31 bits per heavy atom. The second-order valence-corrected chi connectivity index (χ2v) is 3.79. The summed E-state index contributed by atoms with van der Waals surface area (Å²) in [5.74, 6) is -0.313. The highest BCUT2D eigenvalue weighted by Crippen LogP contribution is 2.13. The van der Waals surface area contributed by atoms with E-state index in [0.29, 0.717) is 5.56 Å². The largest absolute Gasteiger partial charge is 0.388 e. The summed E-state index contributed by atoms with van der Waals surface area (Å²) in [6.45, 7) is 0.220. The Hall–Kier alpha value is -1.66. The van der Waals surface area contributed by atoms with Crippen molar-refractivity contribution >= 4 is 5.91 Å². The normalized spacial score (nSPS) is 24.8. The van der Waals surface area contributed by atoms with E-state index in [2.05, 4.69) is 4.98 Å². The number of rotatable bonds is 1. The van der Waals surface area contributed by atoms with Crippen molar-refractivity contribution < 1.29 is 15.0 Å². The molecule has 1 aliphatic rings. The lowest BCUT2D eigenvalue weighted by molar-refractivity contribution is 0.0572. The van der Waals surface area contributed by atoms with Gasteiger partial charge in [-0.1, -0.05) is 0 Å². The van der Waals surface area contributed by atoms with Crippen LogP contribution in [0.3, 0.4) is 0 Å². The van der Waals surface area contributed by atoms with Gasteiger partial charge < -0.3 is 20.1 Å². The number of H-pyrrole nitrogens is 1. The van der Waals surface area contributed by atoms with Gasteiger partial charge in [-0.15, -0.1) is 0 Å². The Kier molecular flexibility index (Phi) is 2.76. The van der Waals surface area contributed by atoms with Crippen molar-refractivity contribution in [1.82, 2.24) is 9.88 Å². The minimum absolute atomic E-state index is 0.110. The number of likely N-dealkylation sites (tertiary alicyclic amines) is 1. The second kappa shape index (κ2) is 4.07. The number of aromatic nitrogens is 1. The molecule has 0 radical (unpaired) electrons. The molecule has 86 valence electrons. The topological polar surface area (TPSA) is 93.6 Å². The van der Waals surface area contributed by atoms with Gasteiger partial charge in [-0.2, -0.15) is 0 Å². The minimum Gasteiger partial charge on any atom is -0.388 e. The van der Waals surface area contributed by atoms with Gasteiger partial charge in [0.2, 0.25) is 5.56 Å². The summed E-state index contributed by atoms with van der Waals surface area (Å²) in [5, 5.41) is 18.6. The zero-order valence-electron chi connectivity index (χ0n) is 8.46. The number of hydrogen-bond acceptors (Lipinski definition) is 4. The van der Waals surface area contributed by atoms with Gasteiger partial charge in [-0.3, -0.25) is 9.59 Å². The number of β-amino-alcohol motifs (C(OH)–C–C–N with tert-alkyl or cyclic N) is 2. The molecule has 16 heavy (non-hydrogen) atoms. The van der Waals surface area contributed by atoms with Gasteiger partial charge in [0, 0.05) is 25.4 Å². The Bertz CT molecular complexity index is 426. The van der Waals surface area contributed by atoms with Crippen LogP contribution in [-0.4, -0.2) is 51.3 Å². The molecule has 0 spiro atoms. The van der Waals surface area contributed by atoms with Crippen molar-refractivity contribution in [2.24, 2.45) is 0 Å². The monoisotopic (exact) mass is 224 g/mol. The molecule has 3 N–H and O–H groups in total. The first-order valence-electron chi connectivity index (χ1n) is 4.92. The summed E-state index contributed by atoms with van der Waals surface area (Å²) < 4.78 is 0. The highest BCUT2D eigenvalue weighted by Gasteiger charge is 2.32. The van der Waals surface area contributed by atoms with Gasteiger partial charge in [0.1, 0.15) is 0 Å². The fraction of sp³-hybridized carbons (Fsp3) is 0.400. The first-order valence-corrected chi connectivity index (χ1v) is 4.92. The Morgan fingerprint density at radius 2 is 1.94 bits per heavy atom. The number of nitrogens with zero attached hydrogens (tertiary/aromatic N) is 1. The van der Waals surface area contributed by atoms with Crippen molar-refractivity contribution in [2.75, 3.05) is 13.1 Å². The van der Waals surface area contributed by atoms with Gasteiger partial charge in [-0.25, -0.2) is 0 Å². The molecule has 2 rings (SSSR count). The molecule has 2 atom stereocenters. The first-order chi connectivity index (χ1) is 7.58. The molecular formula is C10H12N2O4. The van der Waals surface area contributed by atoms with Crippen LogP contribution in [0.4, 0.5) is 0 Å². The number of aromatic amines is 1. The quantitative estimate of drug-likeness (QED) is 0.544. The van der Waals surface area contributed by atoms with Gasteiger partial charge in [-0.05, 0) is 6.07 Å². The molecule has 0 unspecified atom stereocenters. The maximum atomic E-state index is 11.8.